The van der Waals surface area contributed by atoms with Gasteiger partial charge in [0.05, 0.1) is 6.04 Å². The number of nitrogens with two attached hydrogens (primary N) is 1. The summed E-state index contributed by atoms with van der Waals surface area (Å²) < 4.78 is 36.5. The molecule has 0 radical (unpaired) electrons. The van der Waals surface area contributed by atoms with Crippen molar-refractivity contribution in [3.63, 3.8) is 0 Å². The number of halogens is 4. The largest absolute Gasteiger partial charge is 0.451 e. The molecule has 0 saturated carbocycles. The topological polar surface area (TPSA) is 96.7 Å². The monoisotopic (exact) mass is 287 g/mol. The summed E-state index contributed by atoms with van der Waals surface area (Å²) in [5.74, 6) is -2.49. The first-order valence-corrected chi connectivity index (χ1v) is 4.78. The summed E-state index contributed by atoms with van der Waals surface area (Å²) in [5.41, 5.74) is 5.50. The molecule has 104 valence electrons. The van der Waals surface area contributed by atoms with Crippen molar-refractivity contribution >= 4 is 24.3 Å². The zero-order valence-corrected chi connectivity index (χ0v) is 10.4. The smallest absolute Gasteiger partial charge is 0.320 e. The Hall–Kier alpha value is -1.35. The van der Waals surface area contributed by atoms with Gasteiger partial charge in [-0.05, 0) is 5.92 Å². The number of nitrogens with one attached hydrogen (secondary N) is 2. The van der Waals surface area contributed by atoms with Crippen LogP contribution >= 0.6 is 12.4 Å². The number of hydrogen-bond acceptors (Lipinski definition) is 4. The fourth-order valence-electron chi connectivity index (χ4n) is 0.941. The van der Waals surface area contributed by atoms with Crippen LogP contribution in [0.2, 0.25) is 0 Å². The first kappa shape index (κ1) is 16.6. The minimum atomic E-state index is -4.63. The Labute approximate surface area is 107 Å². The van der Waals surface area contributed by atoms with Crippen LogP contribution in [0.15, 0.2) is 0 Å². The van der Waals surface area contributed by atoms with Crippen LogP contribution < -0.4 is 11.1 Å². The summed E-state index contributed by atoms with van der Waals surface area (Å²) in [5, 5.41) is 7.00. The van der Waals surface area contributed by atoms with E-state index in [0.29, 0.717) is 0 Å². The van der Waals surface area contributed by atoms with Gasteiger partial charge in [0.2, 0.25) is 17.7 Å². The molecule has 18 heavy (non-hydrogen) atoms. The van der Waals surface area contributed by atoms with Gasteiger partial charge in [0.25, 0.3) is 0 Å². The molecule has 0 bridgehead atoms. The van der Waals surface area contributed by atoms with E-state index in [9.17, 15) is 18.0 Å². The first-order valence-electron chi connectivity index (χ1n) is 4.78. The van der Waals surface area contributed by atoms with Crippen molar-refractivity contribution in [1.82, 2.24) is 15.2 Å². The third-order valence-electron chi connectivity index (χ3n) is 2.01. The number of anilines is 1. The lowest BCUT2D eigenvalue weighted by Gasteiger charge is -2.13. The van der Waals surface area contributed by atoms with Crippen molar-refractivity contribution in [3.8, 4) is 0 Å². The van der Waals surface area contributed by atoms with Crippen LogP contribution in [0, 0.1) is 5.92 Å². The summed E-state index contributed by atoms with van der Waals surface area (Å²) in [7, 11) is 0. The maximum atomic E-state index is 12.2. The fourth-order valence-corrected chi connectivity index (χ4v) is 0.941. The number of carbonyl (C=O) groups is 1. The fraction of sp³-hybridized carbons (Fsp3) is 0.625. The molecule has 1 aromatic heterocycles. The molecule has 0 unspecified atom stereocenters. The lowest BCUT2D eigenvalue weighted by Crippen LogP contribution is -2.40. The zero-order chi connectivity index (χ0) is 13.2. The quantitative estimate of drug-likeness (QED) is 0.777. The number of rotatable bonds is 3. The highest BCUT2D eigenvalue weighted by molar-refractivity contribution is 5.93. The molecular formula is C8H13ClF3N5O. The molecular weight excluding hydrogens is 275 g/mol. The van der Waals surface area contributed by atoms with Gasteiger partial charge >= 0.3 is 6.18 Å². The molecule has 10 heteroatoms. The molecule has 1 rings (SSSR count). The van der Waals surface area contributed by atoms with E-state index in [-0.39, 0.29) is 18.3 Å². The van der Waals surface area contributed by atoms with Crippen molar-refractivity contribution in [1.29, 1.82) is 0 Å². The van der Waals surface area contributed by atoms with Gasteiger partial charge in [-0.25, -0.2) is 0 Å². The lowest BCUT2D eigenvalue weighted by molar-refractivity contribution is -0.144. The molecule has 0 fully saturated rings. The lowest BCUT2D eigenvalue weighted by atomic mass is 10.1. The van der Waals surface area contributed by atoms with Gasteiger partial charge in [-0.2, -0.15) is 18.2 Å². The highest BCUT2D eigenvalue weighted by atomic mass is 35.5. The third-order valence-corrected chi connectivity index (χ3v) is 2.01. The summed E-state index contributed by atoms with van der Waals surface area (Å²) in [6.45, 7) is 3.42. The predicted octanol–water partition coefficient (Wildman–Crippen LogP) is 1.17. The van der Waals surface area contributed by atoms with Crippen molar-refractivity contribution in [2.24, 2.45) is 11.7 Å². The van der Waals surface area contributed by atoms with Crippen LogP contribution in [0.5, 0.6) is 0 Å². The highest BCUT2D eigenvalue weighted by Crippen LogP contribution is 2.26. The SMILES string of the molecule is CC(C)[C@H](N)C(=O)Nc1n[nH]c(C(F)(F)F)n1.Cl. The van der Waals surface area contributed by atoms with Gasteiger partial charge in [0.15, 0.2) is 0 Å². The molecule has 0 spiro atoms. The second-order valence-corrected chi connectivity index (χ2v) is 3.76. The zero-order valence-electron chi connectivity index (χ0n) is 9.58. The average Bonchev–Trinajstić information content (AvgIpc) is 2.64. The highest BCUT2D eigenvalue weighted by Gasteiger charge is 2.35. The second kappa shape index (κ2) is 6.01. The number of hydrogen-bond donors (Lipinski definition) is 3. The summed E-state index contributed by atoms with van der Waals surface area (Å²) in [6, 6.07) is -0.831. The first-order chi connectivity index (χ1) is 7.71. The van der Waals surface area contributed by atoms with Crippen molar-refractivity contribution in [2.45, 2.75) is 26.1 Å². The van der Waals surface area contributed by atoms with E-state index >= 15 is 0 Å². The molecule has 1 aromatic rings. The van der Waals surface area contributed by atoms with Crippen molar-refractivity contribution in [3.05, 3.63) is 5.82 Å². The summed E-state index contributed by atoms with van der Waals surface area (Å²) >= 11 is 0. The van der Waals surface area contributed by atoms with Crippen LogP contribution in [-0.4, -0.2) is 27.1 Å². The number of H-pyrrole nitrogens is 1. The number of aromatic nitrogens is 3. The van der Waals surface area contributed by atoms with E-state index in [1.807, 2.05) is 0 Å². The van der Waals surface area contributed by atoms with E-state index in [1.54, 1.807) is 18.9 Å². The maximum absolute atomic E-state index is 12.2. The Morgan fingerprint density at radius 1 is 1.44 bits per heavy atom. The maximum Gasteiger partial charge on any atom is 0.451 e. The Balaban J connectivity index is 0.00000289. The average molecular weight is 288 g/mol. The van der Waals surface area contributed by atoms with Crippen LogP contribution in [0.4, 0.5) is 19.1 Å². The van der Waals surface area contributed by atoms with E-state index < -0.39 is 29.9 Å². The molecule has 1 heterocycles. The molecule has 0 aliphatic heterocycles. The van der Waals surface area contributed by atoms with Crippen LogP contribution in [0.3, 0.4) is 0 Å². The minimum absolute atomic E-state index is 0. The van der Waals surface area contributed by atoms with Gasteiger partial charge in [-0.3, -0.25) is 15.2 Å². The number of aromatic amines is 1. The molecule has 0 aromatic carbocycles. The number of nitrogens with zero attached hydrogens (tertiary/aromatic N) is 2. The van der Waals surface area contributed by atoms with Gasteiger partial charge in [0.1, 0.15) is 0 Å². The van der Waals surface area contributed by atoms with Crippen molar-refractivity contribution in [2.75, 3.05) is 5.32 Å². The van der Waals surface area contributed by atoms with E-state index in [1.165, 1.54) is 0 Å². The molecule has 1 amide bonds. The van der Waals surface area contributed by atoms with Gasteiger partial charge in [-0.1, -0.05) is 13.8 Å². The van der Waals surface area contributed by atoms with E-state index in [0.717, 1.165) is 0 Å². The molecule has 0 saturated heterocycles. The number of carbonyl (C=O) groups excluding carboxylic acids is 1. The van der Waals surface area contributed by atoms with Gasteiger partial charge in [-0.15, -0.1) is 17.5 Å². The van der Waals surface area contributed by atoms with E-state index in [4.69, 9.17) is 5.73 Å². The predicted molar refractivity (Wildman–Crippen MR) is 60.1 cm³/mol. The molecule has 1 atom stereocenters. The normalized spacial score (nSPS) is 13.1. The Morgan fingerprint density at radius 3 is 2.39 bits per heavy atom. The number of amides is 1. The number of alkyl halides is 3. The second-order valence-electron chi connectivity index (χ2n) is 3.76. The van der Waals surface area contributed by atoms with Gasteiger partial charge in [0, 0.05) is 0 Å². The summed E-state index contributed by atoms with van der Waals surface area (Å²) in [4.78, 5) is 14.5. The van der Waals surface area contributed by atoms with Crippen molar-refractivity contribution < 1.29 is 18.0 Å². The molecule has 4 N–H and O–H groups in total. The third kappa shape index (κ3) is 4.15. The standard InChI is InChI=1S/C8H12F3N5O.ClH/c1-3(2)4(12)5(17)13-7-14-6(15-16-7)8(9,10)11;/h3-4H,12H2,1-2H3,(H2,13,14,15,16,17);1H/t4-;/m0./s1. The Kier molecular flexibility index (Phi) is 5.55. The molecule has 0 aliphatic rings. The van der Waals surface area contributed by atoms with Gasteiger partial charge < -0.3 is 5.73 Å². The van der Waals surface area contributed by atoms with E-state index in [2.05, 4.69) is 15.4 Å². The Bertz CT molecular complexity index is 406. The molecule has 0 aliphatic carbocycles. The van der Waals surface area contributed by atoms with Crippen LogP contribution in [0.25, 0.3) is 0 Å². The molecule has 6 nitrogen and oxygen atoms in total. The van der Waals surface area contributed by atoms with Crippen LogP contribution in [0.1, 0.15) is 19.7 Å². The Morgan fingerprint density at radius 2 is 2.00 bits per heavy atom. The van der Waals surface area contributed by atoms with Crippen LogP contribution in [-0.2, 0) is 11.0 Å². The minimum Gasteiger partial charge on any atom is -0.320 e. The summed E-state index contributed by atoms with van der Waals surface area (Å²) in [6.07, 6.45) is -4.63.